The van der Waals surface area contributed by atoms with E-state index in [0.29, 0.717) is 25.8 Å². The molecule has 1 saturated heterocycles. The second-order valence-electron chi connectivity index (χ2n) is 13.7. The van der Waals surface area contributed by atoms with E-state index in [-0.39, 0.29) is 53.3 Å². The van der Waals surface area contributed by atoms with E-state index in [1.807, 2.05) is 0 Å². The van der Waals surface area contributed by atoms with E-state index in [0.717, 1.165) is 29.0 Å². The number of phosphoric ester groups is 3. The Kier molecular flexibility index (Phi) is 19.0. The number of amides is 2. The number of hydrogen-bond acceptors (Lipinski definition) is 19. The molecule has 0 aliphatic carbocycles. The van der Waals surface area contributed by atoms with E-state index in [1.54, 1.807) is 0 Å². The van der Waals surface area contributed by atoms with Gasteiger partial charge in [-0.15, -0.1) is 0 Å². The van der Waals surface area contributed by atoms with Gasteiger partial charge in [0.2, 0.25) is 16.9 Å². The average molecular weight is 939 g/mol. The summed E-state index contributed by atoms with van der Waals surface area (Å²) >= 11 is 1.02. The van der Waals surface area contributed by atoms with E-state index in [1.165, 1.54) is 13.8 Å². The number of aromatic nitrogens is 4. The van der Waals surface area contributed by atoms with Crippen LogP contribution in [0.5, 0.6) is 0 Å². The molecule has 2 aromatic rings. The molecule has 0 saturated carbocycles. The third-order valence-electron chi connectivity index (χ3n) is 8.33. The molecule has 28 nitrogen and oxygen atoms in total. The number of nitrogens with two attached hydrogens (primary N) is 3. The highest BCUT2D eigenvalue weighted by Crippen LogP contribution is 2.61. The Bertz CT molecular complexity index is 1970. The molecular formula is C28H51N11O17P3S+. The van der Waals surface area contributed by atoms with E-state index < -0.39 is 90.6 Å². The lowest BCUT2D eigenvalue weighted by Crippen LogP contribution is -2.64. The summed E-state index contributed by atoms with van der Waals surface area (Å²) in [4.78, 5) is 91.9. The lowest BCUT2D eigenvalue weighted by atomic mass is 9.87. The summed E-state index contributed by atoms with van der Waals surface area (Å²) < 4.78 is 62.2. The van der Waals surface area contributed by atoms with Gasteiger partial charge in [-0.2, -0.15) is 4.31 Å². The van der Waals surface area contributed by atoms with Crippen molar-refractivity contribution in [1.82, 2.24) is 30.2 Å². The maximum Gasteiger partial charge on any atom is 0.481 e. The zero-order valence-corrected chi connectivity index (χ0v) is 35.8. The first-order valence-electron chi connectivity index (χ1n) is 17.8. The van der Waals surface area contributed by atoms with Gasteiger partial charge in [-0.1, -0.05) is 25.6 Å². The fourth-order valence-electron chi connectivity index (χ4n) is 5.23. The standard InChI is InChI=1S/C28H50N11O17P3S/c1-28(2,21(42)24(43)34-8-6-17(40)33-9-10-60-26(44)15(29)5-3-4-7-35-27(31)32)12-53-59(50,51)56-58(48,49)52-11-16-20(55-57(45,46)47)19(41)25(54-16)39-14-38-18-22(30)36-13-37-23(18)39/h13-16,19-21,25,41-42H,3-12,29H2,1-2H3,(H,33,40)(H,34,43)(H,48,49)(H,50,51)(H2,30,36,37)(H4,31,32,35)(H2,45,46,47)/p+1. The number of ether oxygens (including phenoxy) is 1. The van der Waals surface area contributed by atoms with Crippen LogP contribution >= 0.6 is 35.2 Å². The number of aliphatic hydroxyl groups excluding tert-OH is 2. The SMILES string of the molecule is CC(C)(COP(=O)(O)OP(=O)(O)OCC1OC(n2cnc3c(N)ncnc32)C(O)C1OP(=O)(O)O)C(O)C(=O)NCCC(=O)NCCSC(=O)C([NH3+])CCCCN=C(N)N. The number of carbonyl (C=O) groups is 3. The smallest absolute Gasteiger partial charge is 0.386 e. The Morgan fingerprint density at radius 3 is 2.42 bits per heavy atom. The fourth-order valence-corrected chi connectivity index (χ4v) is 8.82. The summed E-state index contributed by atoms with van der Waals surface area (Å²) in [5.74, 6) is -1.23. The largest absolute Gasteiger partial charge is 0.481 e. The minimum absolute atomic E-state index is 0.00303. The van der Waals surface area contributed by atoms with Crippen LogP contribution in [-0.2, 0) is 50.7 Å². The van der Waals surface area contributed by atoms with Gasteiger partial charge in [0, 0.05) is 43.6 Å². The first-order chi connectivity index (χ1) is 27.8. The Labute approximate surface area is 346 Å². The third-order valence-corrected chi connectivity index (χ3v) is 12.5. The number of aliphatic imine (C=N–C) groups is 1. The molecule has 8 atom stereocenters. The van der Waals surface area contributed by atoms with Crippen LogP contribution < -0.4 is 33.6 Å². The molecule has 17 N–H and O–H groups in total. The van der Waals surface area contributed by atoms with E-state index in [2.05, 4.69) is 45.1 Å². The number of carbonyl (C=O) groups excluding carboxylic acids is 3. The Hall–Kier alpha value is -3.21. The molecule has 0 radical (unpaired) electrons. The zero-order chi connectivity index (χ0) is 45.1. The first-order valence-corrected chi connectivity index (χ1v) is 23.3. The highest BCUT2D eigenvalue weighted by molar-refractivity contribution is 8.13. The molecule has 340 valence electrons. The monoisotopic (exact) mass is 938 g/mol. The molecule has 0 aromatic carbocycles. The van der Waals surface area contributed by atoms with Crippen LogP contribution in [0.4, 0.5) is 5.82 Å². The number of fused-ring (bicyclic) bond motifs is 1. The number of guanidine groups is 1. The summed E-state index contributed by atoms with van der Waals surface area (Å²) in [5, 5.41) is 26.3. The lowest BCUT2D eigenvalue weighted by molar-refractivity contribution is -0.402. The van der Waals surface area contributed by atoms with Crippen LogP contribution in [0.15, 0.2) is 17.6 Å². The molecule has 1 aliphatic rings. The van der Waals surface area contributed by atoms with Crippen LogP contribution in [0.2, 0.25) is 0 Å². The molecular weight excluding hydrogens is 887 g/mol. The summed E-state index contributed by atoms with van der Waals surface area (Å²) in [6.07, 6.45) is -5.05. The number of anilines is 1. The van der Waals surface area contributed by atoms with Crippen molar-refractivity contribution < 1.29 is 86.2 Å². The first kappa shape index (κ1) is 51.1. The molecule has 60 heavy (non-hydrogen) atoms. The van der Waals surface area contributed by atoms with Crippen LogP contribution in [0.1, 0.15) is 45.8 Å². The average Bonchev–Trinajstić information content (AvgIpc) is 3.70. The van der Waals surface area contributed by atoms with E-state index in [4.69, 9.17) is 31.0 Å². The van der Waals surface area contributed by atoms with Crippen molar-refractivity contribution in [2.45, 2.75) is 76.2 Å². The van der Waals surface area contributed by atoms with Crippen molar-refractivity contribution >= 4 is 75.1 Å². The van der Waals surface area contributed by atoms with Crippen molar-refractivity contribution in [3.63, 3.8) is 0 Å². The summed E-state index contributed by atoms with van der Waals surface area (Å²) in [7, 11) is -16.4. The molecule has 0 bridgehead atoms. The van der Waals surface area contributed by atoms with Crippen molar-refractivity contribution in [2.75, 3.05) is 44.3 Å². The highest BCUT2D eigenvalue weighted by Gasteiger charge is 2.50. The number of phosphoric acid groups is 3. The summed E-state index contributed by atoms with van der Waals surface area (Å²) in [6.45, 7) is 0.830. The molecule has 2 amide bonds. The molecule has 8 unspecified atom stereocenters. The molecule has 1 aliphatic heterocycles. The summed E-state index contributed by atoms with van der Waals surface area (Å²) in [5.41, 5.74) is 18.6. The van der Waals surface area contributed by atoms with Crippen molar-refractivity contribution in [1.29, 1.82) is 0 Å². The molecule has 3 heterocycles. The van der Waals surface area contributed by atoms with Gasteiger partial charge < -0.3 is 68.1 Å². The van der Waals surface area contributed by atoms with E-state index >= 15 is 0 Å². The van der Waals surface area contributed by atoms with Gasteiger partial charge in [-0.25, -0.2) is 28.6 Å². The lowest BCUT2D eigenvalue weighted by Gasteiger charge is -2.30. The molecule has 1 fully saturated rings. The van der Waals surface area contributed by atoms with Crippen LogP contribution in [-0.4, -0.2) is 141 Å². The number of hydrogen-bond donors (Lipinski definition) is 12. The molecule has 3 rings (SSSR count). The maximum atomic E-state index is 12.7. The Morgan fingerprint density at radius 1 is 1.07 bits per heavy atom. The number of imidazole rings is 1. The predicted octanol–water partition coefficient (Wildman–Crippen LogP) is -3.28. The molecule has 32 heteroatoms. The van der Waals surface area contributed by atoms with Gasteiger partial charge >= 0.3 is 23.5 Å². The predicted molar refractivity (Wildman–Crippen MR) is 208 cm³/mol. The van der Waals surface area contributed by atoms with Gasteiger partial charge in [0.1, 0.15) is 36.3 Å². The maximum absolute atomic E-state index is 12.7. The second kappa shape index (κ2) is 22.2. The topological polar surface area (TPSA) is 456 Å². The van der Waals surface area contributed by atoms with Gasteiger partial charge in [-0.3, -0.25) is 37.5 Å². The zero-order valence-electron chi connectivity index (χ0n) is 32.3. The number of aliphatic hydroxyl groups is 2. The normalized spacial score (nSPS) is 21.4. The Morgan fingerprint density at radius 2 is 1.75 bits per heavy atom. The minimum atomic E-state index is -5.58. The van der Waals surface area contributed by atoms with Crippen LogP contribution in [0.25, 0.3) is 11.2 Å². The van der Waals surface area contributed by atoms with Gasteiger partial charge in [0.05, 0.1) is 19.5 Å². The quantitative estimate of drug-likeness (QED) is 0.0201. The molecule has 2 aromatic heterocycles. The minimum Gasteiger partial charge on any atom is -0.386 e. The number of thioether (sulfide) groups is 1. The van der Waals surface area contributed by atoms with Crippen LogP contribution in [0.3, 0.4) is 0 Å². The fraction of sp³-hybridized carbons (Fsp3) is 0.679. The van der Waals surface area contributed by atoms with E-state index in [9.17, 15) is 57.9 Å². The number of nitrogens with zero attached hydrogens (tertiary/aromatic N) is 5. The molecule has 0 spiro atoms. The van der Waals surface area contributed by atoms with Gasteiger partial charge in [-0.05, 0) is 12.8 Å². The van der Waals surface area contributed by atoms with Crippen molar-refractivity contribution in [3.05, 3.63) is 12.7 Å². The summed E-state index contributed by atoms with van der Waals surface area (Å²) in [6, 6.07) is -0.443. The number of nitrogen functional groups attached to an aromatic ring is 1. The van der Waals surface area contributed by atoms with Gasteiger partial charge in [0.25, 0.3) is 0 Å². The van der Waals surface area contributed by atoms with Crippen molar-refractivity contribution in [3.8, 4) is 0 Å². The number of nitrogens with one attached hydrogen (secondary N) is 2. The van der Waals surface area contributed by atoms with Crippen molar-refractivity contribution in [2.24, 2.45) is 21.9 Å². The van der Waals surface area contributed by atoms with Gasteiger partial charge in [0.15, 0.2) is 29.7 Å². The number of quaternary nitrogens is 1. The second-order valence-corrected chi connectivity index (χ2v) is 19.1. The third kappa shape index (κ3) is 16.2. The van der Waals surface area contributed by atoms with Crippen LogP contribution in [0, 0.1) is 5.41 Å². The Balaban J connectivity index is 1.43. The highest BCUT2D eigenvalue weighted by atomic mass is 32.2. The number of unbranched alkanes of at least 4 members (excludes halogenated alkanes) is 1. The number of rotatable bonds is 25.